The minimum absolute atomic E-state index is 0.156. The van der Waals surface area contributed by atoms with Crippen molar-refractivity contribution in [3.63, 3.8) is 0 Å². The van der Waals surface area contributed by atoms with E-state index in [1.165, 1.54) is 4.68 Å². The summed E-state index contributed by atoms with van der Waals surface area (Å²) in [6.07, 6.45) is 0.903. The molecule has 9 heteroatoms. The molecule has 0 radical (unpaired) electrons. The van der Waals surface area contributed by atoms with E-state index >= 15 is 0 Å². The van der Waals surface area contributed by atoms with E-state index in [9.17, 15) is 13.2 Å². The molecule has 0 aliphatic rings. The number of rotatable bonds is 5. The minimum atomic E-state index is -3.29. The minimum Gasteiger partial charge on any atom is -0.481 e. The Morgan fingerprint density at radius 2 is 2.00 bits per heavy atom. The number of sulfone groups is 1. The Morgan fingerprint density at radius 1 is 1.42 bits per heavy atom. The monoisotopic (exact) mass is 290 g/mol. The molecule has 1 N–H and O–H groups in total. The van der Waals surface area contributed by atoms with Crippen molar-refractivity contribution in [3.8, 4) is 0 Å². The quantitative estimate of drug-likeness (QED) is 0.828. The zero-order valence-corrected chi connectivity index (χ0v) is 12.2. The zero-order valence-electron chi connectivity index (χ0n) is 11.4. The summed E-state index contributed by atoms with van der Waals surface area (Å²) in [4.78, 5) is 10.9. The van der Waals surface area contributed by atoms with Crippen LogP contribution in [0.4, 0.5) is 0 Å². The highest BCUT2D eigenvalue weighted by Gasteiger charge is 2.32. The van der Waals surface area contributed by atoms with Crippen LogP contribution in [0.2, 0.25) is 0 Å². The molecule has 0 aromatic carbocycles. The number of aromatic nitrogens is 4. The number of carbonyl (C=O) groups is 1. The molecular weight excluding hydrogens is 272 g/mol. The molecule has 0 spiro atoms. The van der Waals surface area contributed by atoms with Crippen molar-refractivity contribution in [1.29, 1.82) is 0 Å². The molecule has 19 heavy (non-hydrogen) atoms. The van der Waals surface area contributed by atoms with Gasteiger partial charge in [-0.2, -0.15) is 0 Å². The molecule has 108 valence electrons. The summed E-state index contributed by atoms with van der Waals surface area (Å²) in [6, 6.07) is -0.517. The molecule has 1 rings (SSSR count). The molecular formula is C10H18N4O4S. The van der Waals surface area contributed by atoms with Gasteiger partial charge in [0.05, 0.1) is 12.5 Å². The third-order valence-corrected chi connectivity index (χ3v) is 3.40. The van der Waals surface area contributed by atoms with Gasteiger partial charge in [0.2, 0.25) is 0 Å². The van der Waals surface area contributed by atoms with Crippen molar-refractivity contribution in [3.05, 3.63) is 5.82 Å². The molecule has 0 amide bonds. The van der Waals surface area contributed by atoms with E-state index in [2.05, 4.69) is 15.5 Å². The van der Waals surface area contributed by atoms with Crippen molar-refractivity contribution >= 4 is 15.8 Å². The van der Waals surface area contributed by atoms with Crippen LogP contribution in [0, 0.1) is 5.41 Å². The molecule has 1 aromatic heterocycles. The van der Waals surface area contributed by atoms with Gasteiger partial charge in [0, 0.05) is 6.26 Å². The van der Waals surface area contributed by atoms with Crippen LogP contribution >= 0.6 is 0 Å². The van der Waals surface area contributed by atoms with Crippen molar-refractivity contribution in [2.24, 2.45) is 5.41 Å². The molecule has 1 atom stereocenters. The third-order valence-electron chi connectivity index (χ3n) is 2.62. The van der Waals surface area contributed by atoms with Crippen molar-refractivity contribution in [2.75, 3.05) is 6.26 Å². The average Bonchev–Trinajstić information content (AvgIpc) is 2.57. The van der Waals surface area contributed by atoms with Gasteiger partial charge in [-0.25, -0.2) is 13.1 Å². The lowest BCUT2D eigenvalue weighted by Gasteiger charge is -2.29. The van der Waals surface area contributed by atoms with Crippen molar-refractivity contribution in [2.45, 2.75) is 39.0 Å². The van der Waals surface area contributed by atoms with Crippen LogP contribution in [0.1, 0.15) is 39.1 Å². The molecule has 1 unspecified atom stereocenters. The number of hydrogen-bond donors (Lipinski definition) is 1. The Morgan fingerprint density at radius 3 is 2.42 bits per heavy atom. The van der Waals surface area contributed by atoms with E-state index in [0.29, 0.717) is 0 Å². The normalized spacial score (nSPS) is 14.3. The van der Waals surface area contributed by atoms with Gasteiger partial charge in [-0.1, -0.05) is 20.8 Å². The molecule has 0 aliphatic heterocycles. The van der Waals surface area contributed by atoms with Gasteiger partial charge in [0.1, 0.15) is 5.75 Å². The van der Waals surface area contributed by atoms with Crippen LogP contribution in [0.3, 0.4) is 0 Å². The molecule has 0 bridgehead atoms. The van der Waals surface area contributed by atoms with Crippen LogP contribution in [0.5, 0.6) is 0 Å². The first-order chi connectivity index (χ1) is 8.50. The number of aliphatic carboxylic acids is 1. The third kappa shape index (κ3) is 4.58. The number of carboxylic acids is 1. The Hall–Kier alpha value is -1.51. The second-order valence-corrected chi connectivity index (χ2v) is 7.73. The summed E-state index contributed by atoms with van der Waals surface area (Å²) in [6.45, 7) is 5.56. The Kier molecular flexibility index (Phi) is 4.28. The topological polar surface area (TPSA) is 115 Å². The maximum atomic E-state index is 11.3. The van der Waals surface area contributed by atoms with Crippen LogP contribution in [-0.4, -0.2) is 46.0 Å². The maximum Gasteiger partial charge on any atom is 0.305 e. The fourth-order valence-corrected chi connectivity index (χ4v) is 2.37. The van der Waals surface area contributed by atoms with Crippen LogP contribution in [-0.2, 0) is 20.4 Å². The van der Waals surface area contributed by atoms with E-state index in [1.807, 2.05) is 20.8 Å². The summed E-state index contributed by atoms with van der Waals surface area (Å²) >= 11 is 0. The van der Waals surface area contributed by atoms with Crippen LogP contribution in [0.25, 0.3) is 0 Å². The number of tetrazole rings is 1. The average molecular weight is 290 g/mol. The first kappa shape index (κ1) is 15.5. The number of carboxylic acid groups (broad SMARTS) is 1. The smallest absolute Gasteiger partial charge is 0.305 e. The first-order valence-corrected chi connectivity index (χ1v) is 7.73. The molecule has 0 saturated heterocycles. The summed E-state index contributed by atoms with van der Waals surface area (Å²) in [5.74, 6) is -1.14. The van der Waals surface area contributed by atoms with Crippen molar-refractivity contribution in [1.82, 2.24) is 20.2 Å². The summed E-state index contributed by atoms with van der Waals surface area (Å²) in [5, 5.41) is 19.8. The van der Waals surface area contributed by atoms with Gasteiger partial charge in [0.25, 0.3) is 0 Å². The molecule has 1 heterocycles. The van der Waals surface area contributed by atoms with Gasteiger partial charge in [-0.05, 0) is 15.8 Å². The lowest BCUT2D eigenvalue weighted by atomic mass is 9.85. The molecule has 0 aliphatic carbocycles. The zero-order chi connectivity index (χ0) is 14.8. The van der Waals surface area contributed by atoms with Gasteiger partial charge in [0.15, 0.2) is 15.7 Å². The predicted octanol–water partition coefficient (Wildman–Crippen LogP) is 0.280. The van der Waals surface area contributed by atoms with Crippen molar-refractivity contribution < 1.29 is 18.3 Å². The summed E-state index contributed by atoms with van der Waals surface area (Å²) < 4.78 is 23.9. The van der Waals surface area contributed by atoms with Crippen LogP contribution < -0.4 is 0 Å². The fourth-order valence-electron chi connectivity index (χ4n) is 1.71. The SMILES string of the molecule is CC(C)(C)C(CC(=O)O)n1nnnc1CS(C)(=O)=O. The highest BCUT2D eigenvalue weighted by atomic mass is 32.2. The first-order valence-electron chi connectivity index (χ1n) is 5.67. The van der Waals surface area contributed by atoms with E-state index in [-0.39, 0.29) is 18.0 Å². The van der Waals surface area contributed by atoms with Gasteiger partial charge in [-0.15, -0.1) is 5.10 Å². The molecule has 1 aromatic rings. The molecule has 0 saturated carbocycles. The largest absolute Gasteiger partial charge is 0.481 e. The predicted molar refractivity (Wildman–Crippen MR) is 67.1 cm³/mol. The summed E-state index contributed by atoms with van der Waals surface area (Å²) in [7, 11) is -3.29. The second-order valence-electron chi connectivity index (χ2n) is 5.59. The maximum absolute atomic E-state index is 11.3. The highest BCUT2D eigenvalue weighted by Crippen LogP contribution is 2.33. The van der Waals surface area contributed by atoms with Gasteiger partial charge >= 0.3 is 5.97 Å². The lowest BCUT2D eigenvalue weighted by molar-refractivity contribution is -0.138. The Labute approximate surface area is 111 Å². The van der Waals surface area contributed by atoms with E-state index in [4.69, 9.17) is 5.11 Å². The molecule has 8 nitrogen and oxygen atoms in total. The Balaban J connectivity index is 3.17. The van der Waals surface area contributed by atoms with Crippen LogP contribution in [0.15, 0.2) is 0 Å². The molecule has 0 fully saturated rings. The standard InChI is InChI=1S/C10H18N4O4S/c1-10(2,3)7(5-9(15)16)14-8(11-12-13-14)6-19(4,17)18/h7H,5-6H2,1-4H3,(H,15,16). The highest BCUT2D eigenvalue weighted by molar-refractivity contribution is 7.89. The van der Waals surface area contributed by atoms with E-state index in [0.717, 1.165) is 6.26 Å². The summed E-state index contributed by atoms with van der Waals surface area (Å²) in [5.41, 5.74) is -0.417. The lowest BCUT2D eigenvalue weighted by Crippen LogP contribution is -2.29. The van der Waals surface area contributed by atoms with Gasteiger partial charge < -0.3 is 5.11 Å². The second kappa shape index (κ2) is 5.24. The van der Waals surface area contributed by atoms with E-state index in [1.54, 1.807) is 0 Å². The van der Waals surface area contributed by atoms with Gasteiger partial charge in [-0.3, -0.25) is 4.79 Å². The van der Waals surface area contributed by atoms with E-state index < -0.39 is 27.3 Å². The number of nitrogens with zero attached hydrogens (tertiary/aromatic N) is 4. The fraction of sp³-hybridized carbons (Fsp3) is 0.800. The Bertz CT molecular complexity index is 558. The number of hydrogen-bond acceptors (Lipinski definition) is 6.